The van der Waals surface area contributed by atoms with Gasteiger partial charge in [0.2, 0.25) is 0 Å². The molecule has 1 aliphatic carbocycles. The third-order valence-corrected chi connectivity index (χ3v) is 8.30. The summed E-state index contributed by atoms with van der Waals surface area (Å²) in [6.07, 6.45) is 6.42. The lowest BCUT2D eigenvalue weighted by molar-refractivity contribution is 0.122. The lowest BCUT2D eigenvalue weighted by Gasteiger charge is -2.37. The van der Waals surface area contributed by atoms with Crippen LogP contribution in [0.5, 0.6) is 0 Å². The summed E-state index contributed by atoms with van der Waals surface area (Å²) in [7, 11) is 0. The van der Waals surface area contributed by atoms with E-state index in [9.17, 15) is 0 Å². The summed E-state index contributed by atoms with van der Waals surface area (Å²) in [6, 6.07) is 9.34. The minimum atomic E-state index is 0.453. The van der Waals surface area contributed by atoms with Crippen LogP contribution in [0.15, 0.2) is 29.6 Å². The van der Waals surface area contributed by atoms with Gasteiger partial charge in [0.25, 0.3) is 0 Å². The molecule has 2 saturated heterocycles. The van der Waals surface area contributed by atoms with Crippen molar-refractivity contribution < 1.29 is 4.74 Å². The van der Waals surface area contributed by atoms with E-state index in [4.69, 9.17) is 15.5 Å². The molecular formula is C25H37N5OS. The second-order valence-electron chi connectivity index (χ2n) is 9.55. The monoisotopic (exact) mass is 455 g/mol. The van der Waals surface area contributed by atoms with Gasteiger partial charge in [-0.1, -0.05) is 6.07 Å². The number of thiophene rings is 1. The molecule has 7 heteroatoms. The summed E-state index contributed by atoms with van der Waals surface area (Å²) in [5, 5.41) is 2.16. The third-order valence-electron chi connectivity index (χ3n) is 7.38. The zero-order valence-corrected chi connectivity index (χ0v) is 19.9. The van der Waals surface area contributed by atoms with E-state index in [1.807, 2.05) is 0 Å². The molecule has 6 nitrogen and oxygen atoms in total. The Balaban J connectivity index is 1.23. The number of hydrogen-bond donors (Lipinski definition) is 1. The fourth-order valence-electron chi connectivity index (χ4n) is 5.25. The van der Waals surface area contributed by atoms with Gasteiger partial charge in [-0.2, -0.15) is 0 Å². The predicted octanol–water partition coefficient (Wildman–Crippen LogP) is 3.68. The summed E-state index contributed by atoms with van der Waals surface area (Å²) in [6.45, 7) is 9.00. The van der Waals surface area contributed by atoms with E-state index in [0.717, 1.165) is 70.0 Å². The molecule has 0 amide bonds. The quantitative estimate of drug-likeness (QED) is 0.717. The maximum absolute atomic E-state index is 6.08. The topological polar surface area (TPSA) is 57.9 Å². The van der Waals surface area contributed by atoms with Gasteiger partial charge in [0.1, 0.15) is 11.6 Å². The Morgan fingerprint density at radius 3 is 2.28 bits per heavy atom. The van der Waals surface area contributed by atoms with Crippen LogP contribution in [0.3, 0.4) is 0 Å². The highest BCUT2D eigenvalue weighted by Crippen LogP contribution is 2.32. The number of nitrogens with zero attached hydrogens (tertiary/aromatic N) is 4. The molecule has 2 aromatic heterocycles. The van der Waals surface area contributed by atoms with Crippen molar-refractivity contribution in [2.24, 2.45) is 11.7 Å². The van der Waals surface area contributed by atoms with Crippen LogP contribution in [0.1, 0.15) is 32.1 Å². The van der Waals surface area contributed by atoms with Crippen LogP contribution in [-0.2, 0) is 4.74 Å². The molecule has 0 spiro atoms. The molecular weight excluding hydrogens is 418 g/mol. The van der Waals surface area contributed by atoms with Crippen molar-refractivity contribution in [1.29, 1.82) is 0 Å². The third kappa shape index (κ3) is 5.45. The Morgan fingerprint density at radius 2 is 1.62 bits per heavy atom. The standard InChI is InChI=1S/C25H37N5OS/c26-22-5-3-20(4-6-22)7-8-28-9-11-29(12-10-28)24-18-21(23-2-1-17-32-23)19-25(27-24)30-13-15-31-16-14-30/h1-2,17-20,22H,3-16,26H2/t20-,22-. The number of aromatic nitrogens is 1. The van der Waals surface area contributed by atoms with Gasteiger partial charge in [-0.3, -0.25) is 4.90 Å². The van der Waals surface area contributed by atoms with E-state index in [2.05, 4.69) is 44.3 Å². The Labute approximate surface area is 196 Å². The molecule has 0 aromatic carbocycles. The number of morpholine rings is 1. The van der Waals surface area contributed by atoms with E-state index in [1.54, 1.807) is 11.3 Å². The van der Waals surface area contributed by atoms with Gasteiger partial charge in [-0.05, 0) is 73.7 Å². The van der Waals surface area contributed by atoms with Gasteiger partial charge in [-0.15, -0.1) is 11.3 Å². The van der Waals surface area contributed by atoms with Crippen molar-refractivity contribution in [2.45, 2.75) is 38.1 Å². The van der Waals surface area contributed by atoms with Crippen LogP contribution in [0.4, 0.5) is 11.6 Å². The zero-order chi connectivity index (χ0) is 21.8. The first-order valence-corrected chi connectivity index (χ1v) is 13.2. The highest BCUT2D eigenvalue weighted by Gasteiger charge is 2.23. The minimum absolute atomic E-state index is 0.453. The number of ether oxygens (including phenoxy) is 1. The van der Waals surface area contributed by atoms with Crippen LogP contribution in [-0.4, -0.2) is 75.0 Å². The number of hydrogen-bond acceptors (Lipinski definition) is 7. The van der Waals surface area contributed by atoms with Crippen LogP contribution in [0, 0.1) is 5.92 Å². The Hall–Kier alpha value is -1.67. The lowest BCUT2D eigenvalue weighted by Crippen LogP contribution is -2.47. The van der Waals surface area contributed by atoms with Crippen molar-refractivity contribution in [2.75, 3.05) is 68.8 Å². The maximum Gasteiger partial charge on any atom is 0.131 e. The average molecular weight is 456 g/mol. The molecule has 0 unspecified atom stereocenters. The van der Waals surface area contributed by atoms with Gasteiger partial charge in [0, 0.05) is 50.2 Å². The van der Waals surface area contributed by atoms with Crippen molar-refractivity contribution in [1.82, 2.24) is 9.88 Å². The summed E-state index contributed by atoms with van der Waals surface area (Å²) < 4.78 is 5.56. The van der Waals surface area contributed by atoms with Gasteiger partial charge in [0.05, 0.1) is 13.2 Å². The number of rotatable bonds is 6. The van der Waals surface area contributed by atoms with Crippen molar-refractivity contribution in [3.8, 4) is 10.4 Å². The van der Waals surface area contributed by atoms with E-state index in [0.29, 0.717) is 6.04 Å². The number of pyridine rings is 1. The normalized spacial score (nSPS) is 25.3. The first-order chi connectivity index (χ1) is 15.7. The molecule has 2 N–H and O–H groups in total. The summed E-state index contributed by atoms with van der Waals surface area (Å²) in [5.74, 6) is 3.10. The Bertz CT molecular complexity index is 838. The molecule has 0 bridgehead atoms. The molecule has 0 radical (unpaired) electrons. The summed E-state index contributed by atoms with van der Waals surface area (Å²) in [4.78, 5) is 13.9. The minimum Gasteiger partial charge on any atom is -0.378 e. The van der Waals surface area contributed by atoms with Gasteiger partial charge >= 0.3 is 0 Å². The average Bonchev–Trinajstić information content (AvgIpc) is 3.40. The molecule has 3 aliphatic rings. The number of piperazine rings is 1. The van der Waals surface area contributed by atoms with Gasteiger partial charge in [0.15, 0.2) is 0 Å². The summed E-state index contributed by atoms with van der Waals surface area (Å²) in [5.41, 5.74) is 7.36. The second kappa shape index (κ2) is 10.5. The molecule has 174 valence electrons. The maximum atomic E-state index is 6.08. The highest BCUT2D eigenvalue weighted by molar-refractivity contribution is 7.13. The molecule has 4 heterocycles. The highest BCUT2D eigenvalue weighted by atomic mass is 32.1. The van der Waals surface area contributed by atoms with Gasteiger partial charge in [-0.25, -0.2) is 4.98 Å². The van der Waals surface area contributed by atoms with Crippen LogP contribution < -0.4 is 15.5 Å². The largest absolute Gasteiger partial charge is 0.378 e. The number of anilines is 2. The van der Waals surface area contributed by atoms with Crippen molar-refractivity contribution >= 4 is 23.0 Å². The van der Waals surface area contributed by atoms with E-state index in [1.165, 1.54) is 49.1 Å². The fraction of sp³-hybridized carbons (Fsp3) is 0.640. The summed E-state index contributed by atoms with van der Waals surface area (Å²) >= 11 is 1.80. The first kappa shape index (κ1) is 22.1. The zero-order valence-electron chi connectivity index (χ0n) is 19.1. The Morgan fingerprint density at radius 1 is 0.938 bits per heavy atom. The lowest BCUT2D eigenvalue weighted by atomic mass is 9.84. The predicted molar refractivity (Wildman–Crippen MR) is 134 cm³/mol. The van der Waals surface area contributed by atoms with Crippen LogP contribution >= 0.6 is 11.3 Å². The van der Waals surface area contributed by atoms with Crippen LogP contribution in [0.25, 0.3) is 10.4 Å². The van der Waals surface area contributed by atoms with Gasteiger partial charge < -0.3 is 20.3 Å². The smallest absolute Gasteiger partial charge is 0.131 e. The number of nitrogens with two attached hydrogens (primary N) is 1. The second-order valence-corrected chi connectivity index (χ2v) is 10.5. The molecule has 1 saturated carbocycles. The SMILES string of the molecule is N[C@H]1CC[C@H](CCN2CCN(c3cc(-c4cccs4)cc(N4CCOCC4)n3)CC2)CC1. The molecule has 0 atom stereocenters. The van der Waals surface area contributed by atoms with E-state index in [-0.39, 0.29) is 0 Å². The van der Waals surface area contributed by atoms with Crippen molar-refractivity contribution in [3.63, 3.8) is 0 Å². The molecule has 2 aliphatic heterocycles. The fourth-order valence-corrected chi connectivity index (χ4v) is 5.96. The molecule has 32 heavy (non-hydrogen) atoms. The molecule has 5 rings (SSSR count). The molecule has 3 fully saturated rings. The first-order valence-electron chi connectivity index (χ1n) is 12.4. The van der Waals surface area contributed by atoms with Crippen LogP contribution in [0.2, 0.25) is 0 Å². The van der Waals surface area contributed by atoms with Crippen molar-refractivity contribution in [3.05, 3.63) is 29.6 Å². The van der Waals surface area contributed by atoms with E-state index >= 15 is 0 Å². The molecule has 2 aromatic rings. The van der Waals surface area contributed by atoms with E-state index < -0.39 is 0 Å². The Kier molecular flexibility index (Phi) is 7.27.